The van der Waals surface area contributed by atoms with E-state index in [1.165, 1.54) is 37.3 Å². The monoisotopic (exact) mass is 392 g/mol. The molecule has 2 aromatic rings. The highest BCUT2D eigenvalue weighted by atomic mass is 19.1. The van der Waals surface area contributed by atoms with E-state index >= 15 is 0 Å². The maximum absolute atomic E-state index is 14.6. The van der Waals surface area contributed by atoms with E-state index in [2.05, 4.69) is 26.0 Å². The van der Waals surface area contributed by atoms with E-state index in [-0.39, 0.29) is 5.56 Å². The fourth-order valence-corrected chi connectivity index (χ4v) is 5.71. The Hall–Kier alpha value is -2.42. The number of carbonyl (C=O) groups is 1. The van der Waals surface area contributed by atoms with Crippen molar-refractivity contribution in [2.75, 3.05) is 7.11 Å². The third-order valence-corrected chi connectivity index (χ3v) is 6.78. The fourth-order valence-electron chi connectivity index (χ4n) is 5.71. The molecule has 0 spiro atoms. The molecule has 2 aliphatic rings. The summed E-state index contributed by atoms with van der Waals surface area (Å²) in [7, 11) is 1.66. The van der Waals surface area contributed by atoms with Crippen LogP contribution in [0.2, 0.25) is 0 Å². The smallest absolute Gasteiger partial charge is 0.152 e. The Kier molecular flexibility index (Phi) is 5.58. The van der Waals surface area contributed by atoms with Crippen LogP contribution in [0.3, 0.4) is 0 Å². The topological polar surface area (TPSA) is 26.3 Å². The molecular formula is C26H29FO2. The van der Waals surface area contributed by atoms with Crippen molar-refractivity contribution in [1.82, 2.24) is 0 Å². The second-order valence-corrected chi connectivity index (χ2v) is 8.92. The second kappa shape index (κ2) is 8.14. The number of ether oxygens (including phenoxy) is 1. The highest BCUT2D eigenvalue weighted by molar-refractivity contribution is 5.85. The minimum absolute atomic E-state index is 0.107. The molecule has 2 fully saturated rings. The number of methoxy groups -OCH3 is 1. The first kappa shape index (κ1) is 19.9. The Balaban J connectivity index is 1.90. The number of fused-ring (bicyclic) bond motifs is 2. The first-order valence-corrected chi connectivity index (χ1v) is 10.6. The summed E-state index contributed by atoms with van der Waals surface area (Å²) >= 11 is 0. The number of carbonyl (C=O) groups excluding carboxylic acids is 1. The van der Waals surface area contributed by atoms with E-state index in [0.717, 1.165) is 34.3 Å². The molecule has 4 unspecified atom stereocenters. The lowest BCUT2D eigenvalue weighted by Crippen LogP contribution is -2.32. The molecule has 0 radical (unpaired) electrons. The summed E-state index contributed by atoms with van der Waals surface area (Å²) in [5.74, 6) is 2.89. The van der Waals surface area contributed by atoms with Crippen LogP contribution in [0.25, 0.3) is 5.57 Å². The van der Waals surface area contributed by atoms with Gasteiger partial charge in [-0.1, -0.05) is 37.6 Å². The molecule has 2 aromatic carbocycles. The van der Waals surface area contributed by atoms with Gasteiger partial charge >= 0.3 is 0 Å². The van der Waals surface area contributed by atoms with Crippen molar-refractivity contribution in [3.05, 3.63) is 70.5 Å². The number of halogens is 1. The van der Waals surface area contributed by atoms with Crippen molar-refractivity contribution in [2.24, 2.45) is 23.7 Å². The third-order valence-electron chi connectivity index (χ3n) is 6.78. The predicted octanol–water partition coefficient (Wildman–Crippen LogP) is 6.54. The van der Waals surface area contributed by atoms with Crippen LogP contribution in [0.4, 0.5) is 4.39 Å². The molecule has 0 aliphatic heterocycles. The average Bonchev–Trinajstić information content (AvgIpc) is 2.70. The van der Waals surface area contributed by atoms with Gasteiger partial charge in [-0.2, -0.15) is 0 Å². The molecule has 29 heavy (non-hydrogen) atoms. The molecule has 2 saturated carbocycles. The van der Waals surface area contributed by atoms with Crippen LogP contribution in [0, 0.1) is 29.5 Å². The summed E-state index contributed by atoms with van der Waals surface area (Å²) in [5, 5.41) is 0. The van der Waals surface area contributed by atoms with E-state index in [4.69, 9.17) is 4.74 Å². The van der Waals surface area contributed by atoms with Crippen LogP contribution >= 0.6 is 0 Å². The van der Waals surface area contributed by atoms with E-state index in [1.54, 1.807) is 13.2 Å². The first-order chi connectivity index (χ1) is 14.0. The van der Waals surface area contributed by atoms with Gasteiger partial charge < -0.3 is 4.74 Å². The van der Waals surface area contributed by atoms with Gasteiger partial charge in [-0.25, -0.2) is 4.39 Å². The fraction of sp³-hybridized carbons (Fsp3) is 0.423. The zero-order chi connectivity index (χ0) is 20.5. The SMILES string of the molecule is COc1ccc(/C(=C2/C(C)CC3CC(C)CC2C3)c2ccc(C=O)c(F)c2)cc1. The van der Waals surface area contributed by atoms with Gasteiger partial charge in [0.1, 0.15) is 11.6 Å². The van der Waals surface area contributed by atoms with Crippen LogP contribution in [-0.4, -0.2) is 13.4 Å². The maximum atomic E-state index is 14.6. The van der Waals surface area contributed by atoms with Gasteiger partial charge in [-0.3, -0.25) is 4.79 Å². The Morgan fingerprint density at radius 3 is 2.38 bits per heavy atom. The lowest BCUT2D eigenvalue weighted by Gasteiger charge is -2.44. The van der Waals surface area contributed by atoms with Crippen LogP contribution in [0.1, 0.15) is 61.0 Å². The summed E-state index contributed by atoms with van der Waals surface area (Å²) in [6, 6.07) is 13.1. The Bertz CT molecular complexity index is 924. The normalized spacial score (nSPS) is 28.0. The number of rotatable bonds is 4. The Morgan fingerprint density at radius 1 is 1.00 bits per heavy atom. The first-order valence-electron chi connectivity index (χ1n) is 10.6. The van der Waals surface area contributed by atoms with Crippen LogP contribution in [-0.2, 0) is 0 Å². The minimum Gasteiger partial charge on any atom is -0.497 e. The zero-order valence-electron chi connectivity index (χ0n) is 17.5. The Morgan fingerprint density at radius 2 is 1.72 bits per heavy atom. The molecule has 3 heteroatoms. The van der Waals surface area contributed by atoms with Gasteiger partial charge in [-0.05, 0) is 90.3 Å². The quantitative estimate of drug-likeness (QED) is 0.552. The van der Waals surface area contributed by atoms with Gasteiger partial charge in [0.2, 0.25) is 0 Å². The molecule has 0 heterocycles. The highest BCUT2D eigenvalue weighted by Crippen LogP contribution is 2.51. The summed E-state index contributed by atoms with van der Waals surface area (Å²) in [6.07, 6.45) is 5.54. The molecule has 4 rings (SSSR count). The number of benzene rings is 2. The second-order valence-electron chi connectivity index (χ2n) is 8.92. The Labute approximate surface area is 172 Å². The number of hydrogen-bond acceptors (Lipinski definition) is 2. The van der Waals surface area contributed by atoms with Crippen molar-refractivity contribution in [3.63, 3.8) is 0 Å². The van der Waals surface area contributed by atoms with Crippen molar-refractivity contribution in [3.8, 4) is 5.75 Å². The van der Waals surface area contributed by atoms with Gasteiger partial charge in [0.25, 0.3) is 0 Å². The van der Waals surface area contributed by atoms with Crippen LogP contribution < -0.4 is 4.74 Å². The molecule has 152 valence electrons. The highest BCUT2D eigenvalue weighted by Gasteiger charge is 2.38. The third kappa shape index (κ3) is 3.88. The van der Waals surface area contributed by atoms with E-state index in [0.29, 0.717) is 18.1 Å². The largest absolute Gasteiger partial charge is 0.497 e. The molecule has 4 atom stereocenters. The van der Waals surface area contributed by atoms with Crippen molar-refractivity contribution >= 4 is 11.9 Å². The molecule has 0 N–H and O–H groups in total. The van der Waals surface area contributed by atoms with Gasteiger partial charge in [-0.15, -0.1) is 0 Å². The van der Waals surface area contributed by atoms with E-state index in [1.807, 2.05) is 18.2 Å². The molecule has 0 amide bonds. The lowest BCUT2D eigenvalue weighted by molar-refractivity contribution is 0.112. The molecule has 2 nitrogen and oxygen atoms in total. The van der Waals surface area contributed by atoms with Gasteiger partial charge in [0.05, 0.1) is 12.7 Å². The lowest BCUT2D eigenvalue weighted by atomic mass is 9.61. The number of hydrogen-bond donors (Lipinski definition) is 0. The summed E-state index contributed by atoms with van der Waals surface area (Å²) in [6.45, 7) is 4.68. The summed E-state index contributed by atoms with van der Waals surface area (Å²) in [4.78, 5) is 11.1. The average molecular weight is 393 g/mol. The molecule has 2 aliphatic carbocycles. The van der Waals surface area contributed by atoms with E-state index in [9.17, 15) is 9.18 Å². The summed E-state index contributed by atoms with van der Waals surface area (Å²) in [5.41, 5.74) is 4.64. The van der Waals surface area contributed by atoms with Gasteiger partial charge in [0, 0.05) is 0 Å². The molecule has 2 bridgehead atoms. The predicted molar refractivity (Wildman–Crippen MR) is 115 cm³/mol. The standard InChI is InChI=1S/C26H29FO2/c1-16-10-18-12-17(2)25(22(11-16)13-18)26(19-6-8-23(29-3)9-7-19)20-4-5-21(15-28)24(27)14-20/h4-9,14-18,22H,10-13H2,1-3H3/b26-25+. The van der Waals surface area contributed by atoms with Crippen LogP contribution in [0.15, 0.2) is 48.0 Å². The zero-order valence-corrected chi connectivity index (χ0v) is 17.5. The van der Waals surface area contributed by atoms with Crippen molar-refractivity contribution in [1.29, 1.82) is 0 Å². The summed E-state index contributed by atoms with van der Waals surface area (Å²) < 4.78 is 19.9. The number of aldehydes is 1. The van der Waals surface area contributed by atoms with Crippen molar-refractivity contribution in [2.45, 2.75) is 39.5 Å². The molecular weight excluding hydrogens is 363 g/mol. The van der Waals surface area contributed by atoms with E-state index < -0.39 is 5.82 Å². The van der Waals surface area contributed by atoms with Gasteiger partial charge in [0.15, 0.2) is 6.29 Å². The minimum atomic E-state index is -0.456. The maximum Gasteiger partial charge on any atom is 0.152 e. The molecule has 0 aromatic heterocycles. The number of allylic oxidation sites excluding steroid dienone is 1. The van der Waals surface area contributed by atoms with Crippen LogP contribution in [0.5, 0.6) is 5.75 Å². The van der Waals surface area contributed by atoms with Crippen molar-refractivity contribution < 1.29 is 13.9 Å². The molecule has 0 saturated heterocycles.